The van der Waals surface area contributed by atoms with Crippen LogP contribution in [0.25, 0.3) is 5.65 Å². The van der Waals surface area contributed by atoms with Gasteiger partial charge in [-0.1, -0.05) is 0 Å². The highest BCUT2D eigenvalue weighted by molar-refractivity contribution is 7.10. The first-order valence-corrected chi connectivity index (χ1v) is 6.73. The predicted octanol–water partition coefficient (Wildman–Crippen LogP) is 2.00. The van der Waals surface area contributed by atoms with Crippen LogP contribution in [-0.2, 0) is 6.54 Å². The first-order chi connectivity index (χ1) is 9.28. The Morgan fingerprint density at radius 2 is 2.37 bits per heavy atom. The minimum atomic E-state index is 0.593. The minimum Gasteiger partial charge on any atom is -0.362 e. The number of fused-ring (bicyclic) bond motifs is 1. The van der Waals surface area contributed by atoms with Gasteiger partial charge in [-0.2, -0.15) is 0 Å². The average molecular weight is 274 g/mol. The van der Waals surface area contributed by atoms with Crippen molar-refractivity contribution in [1.29, 1.82) is 0 Å². The molecule has 0 saturated carbocycles. The van der Waals surface area contributed by atoms with Gasteiger partial charge < -0.3 is 15.1 Å². The zero-order chi connectivity index (χ0) is 13.2. The average Bonchev–Trinajstić information content (AvgIpc) is 3.04. The molecule has 0 aliphatic rings. The summed E-state index contributed by atoms with van der Waals surface area (Å²) >= 11 is 1.73. The minimum absolute atomic E-state index is 0.593. The third kappa shape index (κ3) is 2.25. The van der Waals surface area contributed by atoms with Gasteiger partial charge in [0.25, 0.3) is 0 Å². The molecule has 3 rings (SSSR count). The van der Waals surface area contributed by atoms with Crippen LogP contribution in [0.4, 0.5) is 11.6 Å². The smallest absolute Gasteiger partial charge is 0.180 e. The normalized spacial score (nSPS) is 10.8. The highest BCUT2D eigenvalue weighted by atomic mass is 32.1. The van der Waals surface area contributed by atoms with Crippen LogP contribution in [0, 0.1) is 6.92 Å². The van der Waals surface area contributed by atoms with Crippen LogP contribution in [0.15, 0.2) is 30.0 Å². The lowest BCUT2D eigenvalue weighted by Crippen LogP contribution is -2.12. The van der Waals surface area contributed by atoms with Crippen LogP contribution in [0.2, 0.25) is 0 Å². The quantitative estimate of drug-likeness (QED) is 0.501. The number of imidazole rings is 1. The molecule has 0 fully saturated rings. The first-order valence-electron chi connectivity index (χ1n) is 5.85. The monoisotopic (exact) mass is 274 g/mol. The van der Waals surface area contributed by atoms with Gasteiger partial charge >= 0.3 is 0 Å². The second-order valence-electron chi connectivity index (χ2n) is 4.16. The Labute approximate surface area is 114 Å². The Hall–Kier alpha value is -2.12. The van der Waals surface area contributed by atoms with Crippen molar-refractivity contribution in [1.82, 2.24) is 14.4 Å². The van der Waals surface area contributed by atoms with Gasteiger partial charge in [0.05, 0.1) is 12.7 Å². The summed E-state index contributed by atoms with van der Waals surface area (Å²) in [5.74, 6) is 6.73. The number of anilines is 2. The van der Waals surface area contributed by atoms with Gasteiger partial charge in [-0.05, 0) is 23.9 Å². The second kappa shape index (κ2) is 4.87. The van der Waals surface area contributed by atoms with Crippen LogP contribution >= 0.6 is 11.3 Å². The Kier molecular flexibility index (Phi) is 3.06. The zero-order valence-corrected chi connectivity index (χ0v) is 11.2. The summed E-state index contributed by atoms with van der Waals surface area (Å²) < 4.78 is 1.88. The molecule has 6 nitrogen and oxygen atoms in total. The van der Waals surface area contributed by atoms with Crippen LogP contribution in [0.1, 0.15) is 10.4 Å². The topological polar surface area (TPSA) is 80.3 Å². The number of hydrogen-bond donors (Lipinski definition) is 3. The molecule has 4 N–H and O–H groups in total. The van der Waals surface area contributed by atoms with E-state index in [1.54, 1.807) is 23.7 Å². The van der Waals surface area contributed by atoms with Gasteiger partial charge in [0.15, 0.2) is 17.3 Å². The number of hydrazine groups is 1. The number of hydrogen-bond acceptors (Lipinski definition) is 6. The van der Waals surface area contributed by atoms with E-state index >= 15 is 0 Å². The Morgan fingerprint density at radius 3 is 3.11 bits per heavy atom. The molecular weight excluding hydrogens is 260 g/mol. The summed E-state index contributed by atoms with van der Waals surface area (Å²) in [6.07, 6.45) is 5.39. The maximum absolute atomic E-state index is 5.42. The van der Waals surface area contributed by atoms with Crippen LogP contribution in [0.3, 0.4) is 0 Å². The van der Waals surface area contributed by atoms with Crippen molar-refractivity contribution in [3.05, 3.63) is 40.5 Å². The molecule has 0 atom stereocenters. The molecule has 0 aliphatic heterocycles. The summed E-state index contributed by atoms with van der Waals surface area (Å²) in [5, 5.41) is 5.40. The molecule has 19 heavy (non-hydrogen) atoms. The number of nitrogens with one attached hydrogen (secondary N) is 2. The van der Waals surface area contributed by atoms with E-state index in [1.165, 1.54) is 10.4 Å². The molecule has 0 bridgehead atoms. The molecule has 0 unspecified atom stereocenters. The third-order valence-electron chi connectivity index (χ3n) is 2.91. The van der Waals surface area contributed by atoms with Gasteiger partial charge in [0.1, 0.15) is 0 Å². The fourth-order valence-electron chi connectivity index (χ4n) is 1.87. The number of thiophene rings is 1. The van der Waals surface area contributed by atoms with E-state index in [0.29, 0.717) is 11.6 Å². The number of rotatable bonds is 4. The lowest BCUT2D eigenvalue weighted by atomic mass is 10.3. The van der Waals surface area contributed by atoms with Crippen molar-refractivity contribution >= 4 is 28.6 Å². The number of nitrogens with zero attached hydrogens (tertiary/aromatic N) is 3. The molecule has 3 aromatic heterocycles. The van der Waals surface area contributed by atoms with E-state index in [-0.39, 0.29) is 0 Å². The lowest BCUT2D eigenvalue weighted by Gasteiger charge is -2.09. The maximum atomic E-state index is 5.42. The molecular formula is C12H14N6S. The number of nitrogen functional groups attached to an aromatic ring is 1. The lowest BCUT2D eigenvalue weighted by molar-refractivity contribution is 1.07. The Morgan fingerprint density at radius 1 is 1.47 bits per heavy atom. The molecule has 0 aliphatic carbocycles. The van der Waals surface area contributed by atoms with Crippen molar-refractivity contribution in [3.8, 4) is 0 Å². The highest BCUT2D eigenvalue weighted by Gasteiger charge is 2.07. The third-order valence-corrected chi connectivity index (χ3v) is 3.93. The molecule has 7 heteroatoms. The van der Waals surface area contributed by atoms with Crippen LogP contribution in [-0.4, -0.2) is 14.4 Å². The molecule has 3 aromatic rings. The van der Waals surface area contributed by atoms with E-state index in [1.807, 2.05) is 10.6 Å². The largest absolute Gasteiger partial charge is 0.362 e. The molecule has 0 saturated heterocycles. The fraction of sp³-hybridized carbons (Fsp3) is 0.167. The summed E-state index contributed by atoms with van der Waals surface area (Å²) in [6.45, 7) is 2.83. The number of aryl methyl sites for hydroxylation is 1. The van der Waals surface area contributed by atoms with E-state index < -0.39 is 0 Å². The second-order valence-corrected chi connectivity index (χ2v) is 5.16. The van der Waals surface area contributed by atoms with Crippen molar-refractivity contribution < 1.29 is 0 Å². The van der Waals surface area contributed by atoms with Gasteiger partial charge in [0, 0.05) is 17.3 Å². The number of aromatic nitrogens is 3. The van der Waals surface area contributed by atoms with Crippen LogP contribution < -0.4 is 16.6 Å². The van der Waals surface area contributed by atoms with E-state index in [9.17, 15) is 0 Å². The highest BCUT2D eigenvalue weighted by Crippen LogP contribution is 2.20. The van der Waals surface area contributed by atoms with Gasteiger partial charge in [0.2, 0.25) is 0 Å². The Bertz CT molecular complexity index is 701. The van der Waals surface area contributed by atoms with Crippen LogP contribution in [0.5, 0.6) is 0 Å². The molecule has 0 aromatic carbocycles. The van der Waals surface area contributed by atoms with Crippen molar-refractivity contribution in [3.63, 3.8) is 0 Å². The van der Waals surface area contributed by atoms with Crippen molar-refractivity contribution in [2.75, 3.05) is 10.7 Å². The zero-order valence-electron chi connectivity index (χ0n) is 10.4. The summed E-state index contributed by atoms with van der Waals surface area (Å²) in [7, 11) is 0. The molecule has 0 spiro atoms. The van der Waals surface area contributed by atoms with E-state index in [0.717, 1.165) is 12.2 Å². The van der Waals surface area contributed by atoms with Gasteiger partial charge in [-0.25, -0.2) is 15.8 Å². The maximum Gasteiger partial charge on any atom is 0.180 e. The van der Waals surface area contributed by atoms with E-state index in [4.69, 9.17) is 5.84 Å². The Balaban J connectivity index is 1.91. The first kappa shape index (κ1) is 11.9. The molecule has 0 radical (unpaired) electrons. The summed E-state index contributed by atoms with van der Waals surface area (Å²) in [6, 6.07) is 2.11. The summed E-state index contributed by atoms with van der Waals surface area (Å²) in [4.78, 5) is 9.97. The number of nitrogens with two attached hydrogens (primary N) is 1. The van der Waals surface area contributed by atoms with Gasteiger partial charge in [-0.15, -0.1) is 11.3 Å². The molecule has 98 valence electrons. The SMILES string of the molecule is Cc1ccsc1CNc1nc(NN)cn2ccnc12. The van der Waals surface area contributed by atoms with Crippen molar-refractivity contribution in [2.45, 2.75) is 13.5 Å². The van der Waals surface area contributed by atoms with Gasteiger partial charge in [-0.3, -0.25) is 0 Å². The predicted molar refractivity (Wildman–Crippen MR) is 77.2 cm³/mol. The standard InChI is InChI=1S/C12H14N6S/c1-8-2-5-19-9(8)6-15-11-12-14-3-4-18(12)7-10(16-11)17-13/h2-5,7,17H,6,13H2,1H3,(H,15,16). The summed E-state index contributed by atoms with van der Waals surface area (Å²) in [5.41, 5.74) is 4.62. The fourth-order valence-corrected chi connectivity index (χ4v) is 2.71. The molecule has 3 heterocycles. The van der Waals surface area contributed by atoms with E-state index in [2.05, 4.69) is 39.1 Å². The molecule has 0 amide bonds. The van der Waals surface area contributed by atoms with Crippen molar-refractivity contribution in [2.24, 2.45) is 5.84 Å².